The molecular formula is C7H11N3O2. The molecule has 0 radical (unpaired) electrons. The molecule has 0 unspecified atom stereocenters. The highest BCUT2D eigenvalue weighted by Crippen LogP contribution is 2.06. The number of nitrogens with one attached hydrogen (secondary N) is 1. The van der Waals surface area contributed by atoms with Gasteiger partial charge in [-0.1, -0.05) is 0 Å². The molecule has 1 aromatic heterocycles. The molecule has 0 saturated carbocycles. The maximum atomic E-state index is 11.0. The number of rotatable bonds is 2. The molecule has 5 heteroatoms. The van der Waals surface area contributed by atoms with Crippen molar-refractivity contribution in [2.24, 2.45) is 0 Å². The van der Waals surface area contributed by atoms with Crippen molar-refractivity contribution in [1.29, 1.82) is 0 Å². The predicted molar refractivity (Wildman–Crippen MR) is 43.7 cm³/mol. The van der Waals surface area contributed by atoms with E-state index >= 15 is 0 Å². The zero-order valence-corrected chi connectivity index (χ0v) is 7.05. The van der Waals surface area contributed by atoms with Crippen LogP contribution >= 0.6 is 0 Å². The number of nitrogens with two attached hydrogens (primary N) is 1. The highest BCUT2D eigenvalue weighted by molar-refractivity contribution is 5.86. The number of aryl methyl sites for hydroxylation is 1. The summed E-state index contributed by atoms with van der Waals surface area (Å²) < 4.78 is 4.71. The third-order valence-electron chi connectivity index (χ3n) is 1.39. The number of aromatic amines is 1. The minimum Gasteiger partial charge on any atom is -0.460 e. The fourth-order valence-corrected chi connectivity index (χ4v) is 0.770. The Morgan fingerprint density at radius 3 is 2.83 bits per heavy atom. The van der Waals surface area contributed by atoms with Gasteiger partial charge in [-0.05, 0) is 13.8 Å². The van der Waals surface area contributed by atoms with Crippen molar-refractivity contribution in [3.63, 3.8) is 0 Å². The van der Waals surface area contributed by atoms with E-state index < -0.39 is 5.97 Å². The fraction of sp³-hybridized carbons (Fsp3) is 0.429. The van der Waals surface area contributed by atoms with E-state index in [-0.39, 0.29) is 5.82 Å². The maximum Gasteiger partial charge on any atom is 0.374 e. The van der Waals surface area contributed by atoms with Crippen LogP contribution < -0.4 is 5.73 Å². The Kier molecular flexibility index (Phi) is 2.32. The number of nitrogens with zero attached hydrogens (tertiary/aromatic N) is 1. The third kappa shape index (κ3) is 1.55. The monoisotopic (exact) mass is 169 g/mol. The van der Waals surface area contributed by atoms with Crippen LogP contribution in [0.3, 0.4) is 0 Å². The third-order valence-corrected chi connectivity index (χ3v) is 1.39. The minimum atomic E-state index is -0.475. The second-order valence-electron chi connectivity index (χ2n) is 2.32. The number of anilines is 1. The van der Waals surface area contributed by atoms with Crippen LogP contribution in [0.1, 0.15) is 23.2 Å². The molecule has 0 spiro atoms. The molecule has 0 aliphatic heterocycles. The number of hydrogen-bond acceptors (Lipinski definition) is 4. The molecule has 0 saturated heterocycles. The zero-order valence-electron chi connectivity index (χ0n) is 7.05. The Morgan fingerprint density at radius 1 is 1.75 bits per heavy atom. The number of imidazole rings is 1. The second-order valence-corrected chi connectivity index (χ2v) is 2.32. The van der Waals surface area contributed by atoms with E-state index in [9.17, 15) is 4.79 Å². The van der Waals surface area contributed by atoms with E-state index in [1.54, 1.807) is 13.8 Å². The second kappa shape index (κ2) is 3.25. The standard InChI is InChI=1S/C7H11N3O2/c1-3-12-7(11)6-9-4(2)5(8)10-6/h3,8H2,1-2H3,(H,9,10). The normalized spacial score (nSPS) is 9.83. The van der Waals surface area contributed by atoms with E-state index in [4.69, 9.17) is 10.5 Å². The maximum absolute atomic E-state index is 11.0. The molecule has 66 valence electrons. The van der Waals surface area contributed by atoms with Gasteiger partial charge in [0.15, 0.2) is 0 Å². The summed E-state index contributed by atoms with van der Waals surface area (Å²) >= 11 is 0. The first-order valence-electron chi connectivity index (χ1n) is 3.64. The number of H-pyrrole nitrogens is 1. The molecule has 0 amide bonds. The smallest absolute Gasteiger partial charge is 0.374 e. The summed E-state index contributed by atoms with van der Waals surface area (Å²) in [6, 6.07) is 0. The first kappa shape index (κ1) is 8.58. The van der Waals surface area contributed by atoms with Gasteiger partial charge in [-0.15, -0.1) is 0 Å². The molecule has 5 nitrogen and oxygen atoms in total. The van der Waals surface area contributed by atoms with Gasteiger partial charge in [-0.3, -0.25) is 0 Å². The highest BCUT2D eigenvalue weighted by atomic mass is 16.5. The molecular weight excluding hydrogens is 158 g/mol. The van der Waals surface area contributed by atoms with E-state index in [2.05, 4.69) is 9.97 Å². The molecule has 0 aromatic carbocycles. The highest BCUT2D eigenvalue weighted by Gasteiger charge is 2.11. The van der Waals surface area contributed by atoms with Crippen molar-refractivity contribution in [2.45, 2.75) is 13.8 Å². The molecule has 1 rings (SSSR count). The van der Waals surface area contributed by atoms with Gasteiger partial charge in [0.05, 0.1) is 12.3 Å². The number of ether oxygens (including phenoxy) is 1. The van der Waals surface area contributed by atoms with Gasteiger partial charge in [-0.25, -0.2) is 9.78 Å². The van der Waals surface area contributed by atoms with Crippen LogP contribution in [0.4, 0.5) is 5.82 Å². The Bertz CT molecular complexity index is 273. The quantitative estimate of drug-likeness (QED) is 0.631. The van der Waals surface area contributed by atoms with E-state index in [0.29, 0.717) is 18.1 Å². The fourth-order valence-electron chi connectivity index (χ4n) is 0.770. The van der Waals surface area contributed by atoms with Gasteiger partial charge in [-0.2, -0.15) is 0 Å². The number of aromatic nitrogens is 2. The Labute approximate surface area is 69.9 Å². The number of esters is 1. The number of nitrogen functional groups attached to an aromatic ring is 1. The van der Waals surface area contributed by atoms with Crippen LogP contribution in [0.5, 0.6) is 0 Å². The van der Waals surface area contributed by atoms with Crippen molar-refractivity contribution in [3.05, 3.63) is 11.5 Å². The van der Waals surface area contributed by atoms with Gasteiger partial charge in [0.25, 0.3) is 0 Å². The summed E-state index contributed by atoms with van der Waals surface area (Å²) in [5.41, 5.74) is 6.10. The van der Waals surface area contributed by atoms with E-state index in [1.807, 2.05) is 0 Å². The Hall–Kier alpha value is -1.52. The zero-order chi connectivity index (χ0) is 9.14. The van der Waals surface area contributed by atoms with Crippen LogP contribution in [-0.2, 0) is 4.74 Å². The lowest BCUT2D eigenvalue weighted by Gasteiger charge is -1.95. The summed E-state index contributed by atoms with van der Waals surface area (Å²) in [6.07, 6.45) is 0. The molecule has 0 fully saturated rings. The first-order valence-corrected chi connectivity index (χ1v) is 3.64. The average molecular weight is 169 g/mol. The van der Waals surface area contributed by atoms with Crippen molar-refractivity contribution >= 4 is 11.8 Å². The van der Waals surface area contributed by atoms with Gasteiger partial charge in [0, 0.05) is 0 Å². The lowest BCUT2D eigenvalue weighted by atomic mass is 10.5. The Morgan fingerprint density at radius 2 is 2.42 bits per heavy atom. The van der Waals surface area contributed by atoms with Crippen molar-refractivity contribution in [3.8, 4) is 0 Å². The molecule has 0 bridgehead atoms. The van der Waals surface area contributed by atoms with Crippen molar-refractivity contribution < 1.29 is 9.53 Å². The summed E-state index contributed by atoms with van der Waals surface area (Å²) in [7, 11) is 0. The summed E-state index contributed by atoms with van der Waals surface area (Å²) in [5.74, 6) is 0.0159. The van der Waals surface area contributed by atoms with Crippen LogP contribution in [0.2, 0.25) is 0 Å². The van der Waals surface area contributed by atoms with E-state index in [1.165, 1.54) is 0 Å². The molecule has 0 aliphatic rings. The molecule has 1 aromatic rings. The number of hydrogen-bond donors (Lipinski definition) is 2. The summed E-state index contributed by atoms with van der Waals surface area (Å²) in [4.78, 5) is 17.5. The molecule has 3 N–H and O–H groups in total. The number of carbonyl (C=O) groups excluding carboxylic acids is 1. The average Bonchev–Trinajstić information content (AvgIpc) is 2.33. The topological polar surface area (TPSA) is 81.0 Å². The van der Waals surface area contributed by atoms with Crippen LogP contribution in [0, 0.1) is 6.92 Å². The first-order chi connectivity index (χ1) is 5.65. The molecule has 0 atom stereocenters. The van der Waals surface area contributed by atoms with Gasteiger partial charge >= 0.3 is 5.97 Å². The lowest BCUT2D eigenvalue weighted by Crippen LogP contribution is -2.06. The minimum absolute atomic E-state index is 0.159. The Balaban J connectivity index is 2.82. The molecule has 0 aliphatic carbocycles. The van der Waals surface area contributed by atoms with E-state index in [0.717, 1.165) is 0 Å². The molecule has 12 heavy (non-hydrogen) atoms. The largest absolute Gasteiger partial charge is 0.460 e. The number of carbonyl (C=O) groups is 1. The van der Waals surface area contributed by atoms with Crippen molar-refractivity contribution in [2.75, 3.05) is 12.3 Å². The van der Waals surface area contributed by atoms with Crippen LogP contribution in [0.25, 0.3) is 0 Å². The van der Waals surface area contributed by atoms with Crippen molar-refractivity contribution in [1.82, 2.24) is 9.97 Å². The van der Waals surface area contributed by atoms with Crippen LogP contribution in [-0.4, -0.2) is 22.5 Å². The lowest BCUT2D eigenvalue weighted by molar-refractivity contribution is 0.0513. The SMILES string of the molecule is CCOC(=O)c1nc(N)c(C)[nH]1. The predicted octanol–water partition coefficient (Wildman–Crippen LogP) is 0.477. The van der Waals surface area contributed by atoms with Gasteiger partial charge in [0.1, 0.15) is 5.82 Å². The van der Waals surface area contributed by atoms with Gasteiger partial charge in [0.2, 0.25) is 5.82 Å². The van der Waals surface area contributed by atoms with Gasteiger partial charge < -0.3 is 15.5 Å². The molecule has 1 heterocycles. The summed E-state index contributed by atoms with van der Waals surface area (Å²) in [6.45, 7) is 3.81. The van der Waals surface area contributed by atoms with Crippen LogP contribution in [0.15, 0.2) is 0 Å². The summed E-state index contributed by atoms with van der Waals surface area (Å²) in [5, 5.41) is 0.